The standard InChI is InChI=1S/C13H12F2N2O3/c1-7-8(2-12(20-7)13(18)17-16)6-19-11-4-9(14)3-10(15)5-11/h2-5H,6,16H2,1H3,(H,17,18). The highest BCUT2D eigenvalue weighted by molar-refractivity contribution is 5.91. The largest absolute Gasteiger partial charge is 0.489 e. The van der Waals surface area contributed by atoms with Crippen molar-refractivity contribution in [3.05, 3.63) is 53.0 Å². The zero-order chi connectivity index (χ0) is 14.7. The lowest BCUT2D eigenvalue weighted by Gasteiger charge is -2.05. The van der Waals surface area contributed by atoms with Crippen molar-refractivity contribution in [3.8, 4) is 5.75 Å². The van der Waals surface area contributed by atoms with E-state index in [0.717, 1.165) is 18.2 Å². The van der Waals surface area contributed by atoms with Gasteiger partial charge in [0.1, 0.15) is 29.8 Å². The number of rotatable bonds is 4. The maximum atomic E-state index is 13.0. The molecule has 20 heavy (non-hydrogen) atoms. The van der Waals surface area contributed by atoms with Gasteiger partial charge in [-0.25, -0.2) is 14.6 Å². The van der Waals surface area contributed by atoms with Crippen LogP contribution in [0.25, 0.3) is 0 Å². The van der Waals surface area contributed by atoms with E-state index in [1.165, 1.54) is 6.07 Å². The fourth-order valence-electron chi connectivity index (χ4n) is 1.62. The molecular formula is C13H12F2N2O3. The summed E-state index contributed by atoms with van der Waals surface area (Å²) in [6.45, 7) is 1.65. The number of nitrogens with one attached hydrogen (secondary N) is 1. The van der Waals surface area contributed by atoms with Crippen LogP contribution >= 0.6 is 0 Å². The van der Waals surface area contributed by atoms with Gasteiger partial charge >= 0.3 is 5.91 Å². The summed E-state index contributed by atoms with van der Waals surface area (Å²) in [4.78, 5) is 11.3. The molecule has 0 aliphatic heterocycles. The number of carbonyl (C=O) groups is 1. The molecule has 2 rings (SSSR count). The Morgan fingerprint density at radius 2 is 1.95 bits per heavy atom. The second-order valence-electron chi connectivity index (χ2n) is 4.06. The zero-order valence-corrected chi connectivity index (χ0v) is 10.6. The number of aryl methyl sites for hydroxylation is 1. The average molecular weight is 282 g/mol. The molecule has 3 N–H and O–H groups in total. The zero-order valence-electron chi connectivity index (χ0n) is 10.6. The van der Waals surface area contributed by atoms with Crippen molar-refractivity contribution >= 4 is 5.91 Å². The third-order valence-corrected chi connectivity index (χ3v) is 2.61. The van der Waals surface area contributed by atoms with Crippen LogP contribution in [-0.2, 0) is 6.61 Å². The molecule has 0 saturated heterocycles. The van der Waals surface area contributed by atoms with Crippen LogP contribution in [0.15, 0.2) is 28.7 Å². The van der Waals surface area contributed by atoms with Gasteiger partial charge in [-0.1, -0.05) is 0 Å². The minimum absolute atomic E-state index is 0.01000. The highest BCUT2D eigenvalue weighted by atomic mass is 19.1. The molecule has 0 unspecified atom stereocenters. The van der Waals surface area contributed by atoms with Gasteiger partial charge in [-0.3, -0.25) is 10.2 Å². The Hall–Kier alpha value is -2.41. The van der Waals surface area contributed by atoms with Crippen LogP contribution in [0.5, 0.6) is 5.75 Å². The lowest BCUT2D eigenvalue weighted by molar-refractivity contribution is 0.0924. The fourth-order valence-corrected chi connectivity index (χ4v) is 1.62. The molecule has 0 aliphatic carbocycles. The number of benzene rings is 1. The number of carbonyl (C=O) groups excluding carboxylic acids is 1. The van der Waals surface area contributed by atoms with Gasteiger partial charge in [-0.15, -0.1) is 0 Å². The van der Waals surface area contributed by atoms with Gasteiger partial charge in [0.25, 0.3) is 0 Å². The molecule has 0 fully saturated rings. The molecule has 1 aromatic carbocycles. The second kappa shape index (κ2) is 5.70. The van der Waals surface area contributed by atoms with Crippen molar-refractivity contribution in [2.24, 2.45) is 5.84 Å². The van der Waals surface area contributed by atoms with E-state index in [-0.39, 0.29) is 18.1 Å². The van der Waals surface area contributed by atoms with Crippen molar-refractivity contribution in [2.75, 3.05) is 0 Å². The highest BCUT2D eigenvalue weighted by Gasteiger charge is 2.14. The van der Waals surface area contributed by atoms with Crippen LogP contribution in [0.4, 0.5) is 8.78 Å². The number of nitrogen functional groups attached to an aromatic ring is 1. The number of hydrogen-bond donors (Lipinski definition) is 2. The van der Waals surface area contributed by atoms with E-state index in [4.69, 9.17) is 15.0 Å². The van der Waals surface area contributed by atoms with Crippen molar-refractivity contribution in [1.82, 2.24) is 5.43 Å². The Labute approximate surface area is 113 Å². The Kier molecular flexibility index (Phi) is 3.99. The molecule has 106 valence electrons. The van der Waals surface area contributed by atoms with Crippen molar-refractivity contribution in [2.45, 2.75) is 13.5 Å². The molecule has 0 saturated carbocycles. The third-order valence-electron chi connectivity index (χ3n) is 2.61. The number of amides is 1. The van der Waals surface area contributed by atoms with E-state index < -0.39 is 17.5 Å². The first kappa shape index (κ1) is 14.0. The number of halogens is 2. The molecule has 0 aliphatic rings. The monoisotopic (exact) mass is 282 g/mol. The summed E-state index contributed by atoms with van der Waals surface area (Å²) in [5, 5.41) is 0. The number of hydrogen-bond acceptors (Lipinski definition) is 4. The summed E-state index contributed by atoms with van der Waals surface area (Å²) < 4.78 is 36.4. The molecule has 5 nitrogen and oxygen atoms in total. The van der Waals surface area contributed by atoms with Crippen LogP contribution in [0.2, 0.25) is 0 Å². The first-order valence-corrected chi connectivity index (χ1v) is 5.68. The Morgan fingerprint density at radius 1 is 1.30 bits per heavy atom. The SMILES string of the molecule is Cc1oc(C(=O)NN)cc1COc1cc(F)cc(F)c1. The molecule has 0 spiro atoms. The number of furan rings is 1. The molecule has 0 atom stereocenters. The quantitative estimate of drug-likeness (QED) is 0.511. The van der Waals surface area contributed by atoms with Crippen LogP contribution in [0.3, 0.4) is 0 Å². The van der Waals surface area contributed by atoms with Crippen molar-refractivity contribution < 1.29 is 22.7 Å². The second-order valence-corrected chi connectivity index (χ2v) is 4.06. The van der Waals surface area contributed by atoms with Crippen molar-refractivity contribution in [1.29, 1.82) is 0 Å². The fraction of sp³-hybridized carbons (Fsp3) is 0.154. The van der Waals surface area contributed by atoms with E-state index in [2.05, 4.69) is 0 Å². The molecule has 1 amide bonds. The Bertz CT molecular complexity index is 620. The van der Waals surface area contributed by atoms with E-state index in [1.807, 2.05) is 5.43 Å². The van der Waals surface area contributed by atoms with E-state index in [9.17, 15) is 13.6 Å². The third kappa shape index (κ3) is 3.12. The van der Waals surface area contributed by atoms with Gasteiger partial charge in [-0.2, -0.15) is 0 Å². The summed E-state index contributed by atoms with van der Waals surface area (Å²) in [5.74, 6) is 3.50. The highest BCUT2D eigenvalue weighted by Crippen LogP contribution is 2.20. The summed E-state index contributed by atoms with van der Waals surface area (Å²) in [6, 6.07) is 4.32. The smallest absolute Gasteiger partial charge is 0.300 e. The van der Waals surface area contributed by atoms with Gasteiger partial charge in [0.15, 0.2) is 5.76 Å². The predicted molar refractivity (Wildman–Crippen MR) is 65.8 cm³/mol. The summed E-state index contributed by atoms with van der Waals surface area (Å²) in [5.41, 5.74) is 2.51. The number of nitrogens with two attached hydrogens (primary N) is 1. The van der Waals surface area contributed by atoms with Crippen molar-refractivity contribution in [3.63, 3.8) is 0 Å². The maximum absolute atomic E-state index is 13.0. The van der Waals surface area contributed by atoms with E-state index >= 15 is 0 Å². The molecule has 2 aromatic rings. The van der Waals surface area contributed by atoms with Gasteiger partial charge in [0, 0.05) is 23.8 Å². The maximum Gasteiger partial charge on any atom is 0.300 e. The Balaban J connectivity index is 2.10. The summed E-state index contributed by atoms with van der Waals surface area (Å²) in [7, 11) is 0. The normalized spacial score (nSPS) is 10.4. The van der Waals surface area contributed by atoms with E-state index in [0.29, 0.717) is 11.3 Å². The molecular weight excluding hydrogens is 270 g/mol. The first-order valence-electron chi connectivity index (χ1n) is 5.68. The number of ether oxygens (including phenoxy) is 1. The molecule has 0 radical (unpaired) electrons. The number of hydrazine groups is 1. The summed E-state index contributed by atoms with van der Waals surface area (Å²) >= 11 is 0. The topological polar surface area (TPSA) is 77.5 Å². The van der Waals surface area contributed by atoms with Gasteiger partial charge in [0.2, 0.25) is 0 Å². The van der Waals surface area contributed by atoms with Crippen LogP contribution < -0.4 is 16.0 Å². The Morgan fingerprint density at radius 3 is 2.55 bits per heavy atom. The van der Waals surface area contributed by atoms with Crippen LogP contribution in [-0.4, -0.2) is 5.91 Å². The molecule has 0 bridgehead atoms. The molecule has 1 aromatic heterocycles. The lowest BCUT2D eigenvalue weighted by atomic mass is 10.2. The summed E-state index contributed by atoms with van der Waals surface area (Å²) in [6.07, 6.45) is 0. The minimum Gasteiger partial charge on any atom is -0.489 e. The van der Waals surface area contributed by atoms with E-state index in [1.54, 1.807) is 6.92 Å². The van der Waals surface area contributed by atoms with Gasteiger partial charge in [-0.05, 0) is 13.0 Å². The average Bonchev–Trinajstić information content (AvgIpc) is 2.76. The molecule has 1 heterocycles. The molecule has 7 heteroatoms. The van der Waals surface area contributed by atoms with Crippen LogP contribution in [0, 0.1) is 18.6 Å². The van der Waals surface area contributed by atoms with Gasteiger partial charge < -0.3 is 9.15 Å². The minimum atomic E-state index is -0.730. The predicted octanol–water partition coefficient (Wildman–Crippen LogP) is 2.05. The lowest BCUT2D eigenvalue weighted by Crippen LogP contribution is -2.29. The first-order chi connectivity index (χ1) is 9.49. The van der Waals surface area contributed by atoms with Gasteiger partial charge in [0.05, 0.1) is 0 Å². The van der Waals surface area contributed by atoms with Crippen LogP contribution in [0.1, 0.15) is 21.9 Å².